The summed E-state index contributed by atoms with van der Waals surface area (Å²) in [6.07, 6.45) is 2.43. The third kappa shape index (κ3) is 4.85. The fourth-order valence-electron chi connectivity index (χ4n) is 3.68. The van der Waals surface area contributed by atoms with E-state index in [1.54, 1.807) is 0 Å². The van der Waals surface area contributed by atoms with Crippen molar-refractivity contribution in [2.24, 2.45) is 0 Å². The van der Waals surface area contributed by atoms with Crippen molar-refractivity contribution < 1.29 is 18.1 Å². The Bertz CT molecular complexity index is 1010. The average molecular weight is 432 g/mol. The lowest BCUT2D eigenvalue weighted by atomic mass is 10.1. The van der Waals surface area contributed by atoms with E-state index in [1.807, 2.05) is 37.3 Å². The van der Waals surface area contributed by atoms with Crippen molar-refractivity contribution in [3.8, 4) is 0 Å². The minimum atomic E-state index is -4.17. The van der Waals surface area contributed by atoms with Crippen molar-refractivity contribution in [2.75, 3.05) is 6.54 Å². The lowest BCUT2D eigenvalue weighted by Gasteiger charge is -2.25. The highest BCUT2D eigenvalue weighted by Crippen LogP contribution is 2.31. The van der Waals surface area contributed by atoms with Gasteiger partial charge in [-0.05, 0) is 44.2 Å². The van der Waals surface area contributed by atoms with Gasteiger partial charge >= 0.3 is 0 Å². The number of carbonyl (C=O) groups is 1. The van der Waals surface area contributed by atoms with Gasteiger partial charge in [-0.15, -0.1) is 0 Å². The van der Waals surface area contributed by atoms with E-state index >= 15 is 0 Å². The average Bonchev–Trinajstić information content (AvgIpc) is 3.24. The molecule has 0 radical (unpaired) electrons. The fraction of sp³-hybridized carbons (Fsp3) is 0.381. The van der Waals surface area contributed by atoms with Crippen molar-refractivity contribution >= 4 is 21.6 Å². The lowest BCUT2D eigenvalue weighted by molar-refractivity contribution is -0.387. The molecule has 0 spiro atoms. The topological polar surface area (TPSA) is 110 Å². The molecule has 2 atom stereocenters. The molecule has 2 unspecified atom stereocenters. The molecule has 30 heavy (non-hydrogen) atoms. The number of nitro benzene ring substituents is 1. The molecular weight excluding hydrogens is 406 g/mol. The molecule has 1 aliphatic rings. The van der Waals surface area contributed by atoms with E-state index in [4.69, 9.17) is 0 Å². The highest BCUT2D eigenvalue weighted by atomic mass is 32.2. The van der Waals surface area contributed by atoms with Gasteiger partial charge in [0, 0.05) is 18.7 Å². The van der Waals surface area contributed by atoms with Crippen LogP contribution in [0.15, 0.2) is 59.5 Å². The fourth-order valence-corrected chi connectivity index (χ4v) is 5.50. The molecule has 2 aromatic carbocycles. The van der Waals surface area contributed by atoms with E-state index in [9.17, 15) is 23.3 Å². The van der Waals surface area contributed by atoms with Gasteiger partial charge in [-0.2, -0.15) is 4.31 Å². The summed E-state index contributed by atoms with van der Waals surface area (Å²) in [7, 11) is -4.17. The van der Waals surface area contributed by atoms with E-state index in [1.165, 1.54) is 23.8 Å². The van der Waals surface area contributed by atoms with E-state index in [2.05, 4.69) is 5.32 Å². The van der Waals surface area contributed by atoms with Crippen LogP contribution in [-0.4, -0.2) is 42.2 Å². The third-order valence-corrected chi connectivity index (χ3v) is 7.21. The van der Waals surface area contributed by atoms with Crippen LogP contribution >= 0.6 is 0 Å². The smallest absolute Gasteiger partial charge is 0.289 e. The summed E-state index contributed by atoms with van der Waals surface area (Å²) in [4.78, 5) is 23.0. The van der Waals surface area contributed by atoms with Crippen LogP contribution in [0.1, 0.15) is 31.7 Å². The molecule has 2 aromatic rings. The maximum absolute atomic E-state index is 13.1. The van der Waals surface area contributed by atoms with Gasteiger partial charge in [0.15, 0.2) is 4.90 Å². The summed E-state index contributed by atoms with van der Waals surface area (Å²) in [5.41, 5.74) is 0.680. The minimum Gasteiger partial charge on any atom is -0.352 e. The molecule has 8 nitrogen and oxygen atoms in total. The molecule has 0 aromatic heterocycles. The molecule has 9 heteroatoms. The van der Waals surface area contributed by atoms with Gasteiger partial charge in [-0.1, -0.05) is 42.5 Å². The summed E-state index contributed by atoms with van der Waals surface area (Å²) in [6.45, 7) is 2.04. The zero-order valence-electron chi connectivity index (χ0n) is 16.7. The quantitative estimate of drug-likeness (QED) is 0.510. The van der Waals surface area contributed by atoms with Gasteiger partial charge in [0.1, 0.15) is 6.04 Å². The Morgan fingerprint density at radius 3 is 2.57 bits per heavy atom. The van der Waals surface area contributed by atoms with Crippen LogP contribution < -0.4 is 5.32 Å². The van der Waals surface area contributed by atoms with Gasteiger partial charge in [0.2, 0.25) is 5.91 Å². The highest BCUT2D eigenvalue weighted by Gasteiger charge is 2.42. The standard InChI is InChI=1S/C21H25N3O5S/c1-16(13-14-17-8-3-2-4-9-17)22-21(25)19-11-7-15-23(19)30(28,29)20-12-6-5-10-18(20)24(26)27/h2-6,8-10,12,16,19H,7,11,13-15H2,1H3,(H,22,25). The maximum Gasteiger partial charge on any atom is 0.289 e. The molecule has 3 rings (SSSR count). The number of nitro groups is 1. The Morgan fingerprint density at radius 2 is 1.87 bits per heavy atom. The monoisotopic (exact) mass is 431 g/mol. The van der Waals surface area contributed by atoms with Gasteiger partial charge in [-0.25, -0.2) is 8.42 Å². The molecule has 1 aliphatic heterocycles. The molecule has 1 fully saturated rings. The molecule has 0 aliphatic carbocycles. The molecule has 1 saturated heterocycles. The van der Waals surface area contributed by atoms with E-state index in [0.29, 0.717) is 12.8 Å². The number of para-hydroxylation sites is 1. The van der Waals surface area contributed by atoms with Crippen LogP contribution in [0.2, 0.25) is 0 Å². The zero-order valence-corrected chi connectivity index (χ0v) is 17.5. The highest BCUT2D eigenvalue weighted by molar-refractivity contribution is 7.89. The number of nitrogens with one attached hydrogen (secondary N) is 1. The summed E-state index contributed by atoms with van der Waals surface area (Å²) in [6, 6.07) is 14.1. The number of nitrogens with zero attached hydrogens (tertiary/aromatic N) is 2. The minimum absolute atomic E-state index is 0.131. The second-order valence-corrected chi connectivity index (χ2v) is 9.29. The normalized spacial score (nSPS) is 18.1. The lowest BCUT2D eigenvalue weighted by Crippen LogP contribution is -2.48. The Hall–Kier alpha value is -2.78. The van der Waals surface area contributed by atoms with Crippen molar-refractivity contribution in [3.05, 3.63) is 70.3 Å². The first-order valence-electron chi connectivity index (χ1n) is 9.90. The number of amides is 1. The van der Waals surface area contributed by atoms with Crippen molar-refractivity contribution in [1.82, 2.24) is 9.62 Å². The number of rotatable bonds is 8. The first-order chi connectivity index (χ1) is 14.3. The Morgan fingerprint density at radius 1 is 1.20 bits per heavy atom. The van der Waals surface area contributed by atoms with Crippen molar-refractivity contribution in [1.29, 1.82) is 0 Å². The first kappa shape index (κ1) is 21.9. The number of sulfonamides is 1. The van der Waals surface area contributed by atoms with E-state index in [0.717, 1.165) is 23.2 Å². The Labute approximate surface area is 176 Å². The Kier molecular flexibility index (Phi) is 6.84. The SMILES string of the molecule is CC(CCc1ccccc1)NC(=O)C1CCCN1S(=O)(=O)c1ccccc1[N+](=O)[O-]. The van der Waals surface area contributed by atoms with Crippen LogP contribution in [0, 0.1) is 10.1 Å². The van der Waals surface area contributed by atoms with Crippen molar-refractivity contribution in [2.45, 2.75) is 49.6 Å². The maximum atomic E-state index is 13.1. The summed E-state index contributed by atoms with van der Waals surface area (Å²) < 4.78 is 27.3. The van der Waals surface area contributed by atoms with Crippen molar-refractivity contribution in [3.63, 3.8) is 0 Å². The first-order valence-corrected chi connectivity index (χ1v) is 11.3. The predicted molar refractivity (Wildman–Crippen MR) is 112 cm³/mol. The molecule has 1 N–H and O–H groups in total. The second kappa shape index (κ2) is 9.36. The third-order valence-electron chi connectivity index (χ3n) is 5.25. The largest absolute Gasteiger partial charge is 0.352 e. The predicted octanol–water partition coefficient (Wildman–Crippen LogP) is 2.89. The molecule has 0 saturated carbocycles. The van der Waals surface area contributed by atoms with E-state index < -0.39 is 26.7 Å². The van der Waals surface area contributed by atoms with Crippen LogP contribution in [0.5, 0.6) is 0 Å². The number of carbonyl (C=O) groups excluding carboxylic acids is 1. The van der Waals surface area contributed by atoms with Crippen LogP contribution in [0.4, 0.5) is 5.69 Å². The number of hydrogen-bond donors (Lipinski definition) is 1. The second-order valence-electron chi connectivity index (χ2n) is 7.43. The number of hydrogen-bond acceptors (Lipinski definition) is 5. The van der Waals surface area contributed by atoms with E-state index in [-0.39, 0.29) is 23.4 Å². The summed E-state index contributed by atoms with van der Waals surface area (Å²) in [5, 5.41) is 14.2. The van der Waals surface area contributed by atoms with Crippen LogP contribution in [-0.2, 0) is 21.2 Å². The number of aryl methyl sites for hydroxylation is 1. The van der Waals surface area contributed by atoms with Crippen LogP contribution in [0.25, 0.3) is 0 Å². The molecular formula is C21H25N3O5S. The molecule has 0 bridgehead atoms. The van der Waals surface area contributed by atoms with Gasteiger partial charge in [-0.3, -0.25) is 14.9 Å². The summed E-state index contributed by atoms with van der Waals surface area (Å²) >= 11 is 0. The molecule has 1 heterocycles. The molecule has 160 valence electrons. The summed E-state index contributed by atoms with van der Waals surface area (Å²) in [5.74, 6) is -0.366. The van der Waals surface area contributed by atoms with Gasteiger partial charge in [0.05, 0.1) is 4.92 Å². The van der Waals surface area contributed by atoms with Gasteiger partial charge < -0.3 is 5.32 Å². The van der Waals surface area contributed by atoms with Crippen LogP contribution in [0.3, 0.4) is 0 Å². The Balaban J connectivity index is 1.70. The van der Waals surface area contributed by atoms with Gasteiger partial charge in [0.25, 0.3) is 15.7 Å². The number of benzene rings is 2. The molecule has 1 amide bonds. The zero-order chi connectivity index (χ0) is 21.7.